The van der Waals surface area contributed by atoms with Crippen LogP contribution >= 0.6 is 0 Å². The predicted octanol–water partition coefficient (Wildman–Crippen LogP) is 1.31. The van der Waals surface area contributed by atoms with Crippen LogP contribution in [0, 0.1) is 12.8 Å². The first-order valence-corrected chi connectivity index (χ1v) is 9.28. The molecule has 0 aliphatic carbocycles. The third-order valence-electron chi connectivity index (χ3n) is 3.74. The van der Waals surface area contributed by atoms with E-state index in [1.807, 2.05) is 35.9 Å². The molecule has 3 amide bonds. The molecule has 1 aliphatic rings. The summed E-state index contributed by atoms with van der Waals surface area (Å²) in [4.78, 5) is 25.6. The number of sulfonamides is 1. The van der Waals surface area contributed by atoms with Crippen LogP contribution in [0.4, 0.5) is 10.5 Å². The molecule has 2 N–H and O–H groups in total. The molecule has 0 unspecified atom stereocenters. The van der Waals surface area contributed by atoms with Gasteiger partial charge in [0.15, 0.2) is 0 Å². The molecule has 0 saturated carbocycles. The molecule has 1 saturated heterocycles. The van der Waals surface area contributed by atoms with Gasteiger partial charge in [0.05, 0.1) is 6.26 Å². The number of nitrogens with zero attached hydrogens (tertiary/aromatic N) is 1. The fourth-order valence-corrected chi connectivity index (χ4v) is 2.98. The van der Waals surface area contributed by atoms with Gasteiger partial charge in [0.25, 0.3) is 0 Å². The van der Waals surface area contributed by atoms with Gasteiger partial charge in [-0.3, -0.25) is 9.52 Å². The number of carbonyl (C=O) groups excluding carboxylic acids is 2. The van der Waals surface area contributed by atoms with Crippen LogP contribution < -0.4 is 10.0 Å². The summed E-state index contributed by atoms with van der Waals surface area (Å²) >= 11 is 0. The summed E-state index contributed by atoms with van der Waals surface area (Å²) in [5.41, 5.74) is 1.83. The predicted molar refractivity (Wildman–Crippen MR) is 87.5 cm³/mol. The monoisotopic (exact) mass is 339 g/mol. The summed E-state index contributed by atoms with van der Waals surface area (Å²) in [6.07, 6.45) is 1.85. The summed E-state index contributed by atoms with van der Waals surface area (Å²) in [5.74, 6) is -0.876. The maximum atomic E-state index is 12.2. The van der Waals surface area contributed by atoms with E-state index in [2.05, 4.69) is 5.32 Å². The van der Waals surface area contributed by atoms with Crippen LogP contribution in [0.1, 0.15) is 18.4 Å². The second-order valence-electron chi connectivity index (χ2n) is 5.80. The minimum atomic E-state index is -3.54. The summed E-state index contributed by atoms with van der Waals surface area (Å²) in [7, 11) is -3.54. The van der Waals surface area contributed by atoms with Crippen LogP contribution in [0.3, 0.4) is 0 Å². The molecule has 7 nitrogen and oxygen atoms in total. The van der Waals surface area contributed by atoms with Gasteiger partial charge in [-0.15, -0.1) is 0 Å². The van der Waals surface area contributed by atoms with E-state index < -0.39 is 15.9 Å². The minimum Gasteiger partial charge on any atom is -0.324 e. The van der Waals surface area contributed by atoms with Crippen molar-refractivity contribution < 1.29 is 18.0 Å². The zero-order chi connectivity index (χ0) is 17.0. The molecule has 1 fully saturated rings. The largest absolute Gasteiger partial charge is 0.324 e. The van der Waals surface area contributed by atoms with E-state index in [1.165, 1.54) is 0 Å². The molecule has 1 heterocycles. The van der Waals surface area contributed by atoms with Crippen LogP contribution in [0.15, 0.2) is 24.3 Å². The molecule has 1 aromatic rings. The Morgan fingerprint density at radius 2 is 1.70 bits per heavy atom. The van der Waals surface area contributed by atoms with Gasteiger partial charge in [-0.25, -0.2) is 13.2 Å². The Labute approximate surface area is 136 Å². The van der Waals surface area contributed by atoms with Crippen LogP contribution in [0.2, 0.25) is 0 Å². The van der Waals surface area contributed by atoms with Crippen LogP contribution in [-0.4, -0.2) is 44.6 Å². The van der Waals surface area contributed by atoms with E-state index >= 15 is 0 Å². The first kappa shape index (κ1) is 17.3. The van der Waals surface area contributed by atoms with Gasteiger partial charge in [-0.05, 0) is 31.9 Å². The normalized spacial score (nSPS) is 16.0. The molecule has 0 bridgehead atoms. The van der Waals surface area contributed by atoms with Crippen molar-refractivity contribution in [2.75, 3.05) is 24.7 Å². The fraction of sp³-hybridized carbons (Fsp3) is 0.467. The number of likely N-dealkylation sites (tertiary alicyclic amines) is 1. The van der Waals surface area contributed by atoms with Gasteiger partial charge >= 0.3 is 6.03 Å². The van der Waals surface area contributed by atoms with E-state index in [4.69, 9.17) is 0 Å². The molecule has 23 heavy (non-hydrogen) atoms. The molecule has 0 aromatic heterocycles. The average molecular weight is 339 g/mol. The second kappa shape index (κ2) is 6.99. The lowest BCUT2D eigenvalue weighted by atomic mass is 9.96. The summed E-state index contributed by atoms with van der Waals surface area (Å²) < 4.78 is 24.1. The molecule has 0 spiro atoms. The highest BCUT2D eigenvalue weighted by atomic mass is 32.2. The molecule has 0 atom stereocenters. The van der Waals surface area contributed by atoms with Crippen molar-refractivity contribution in [3.63, 3.8) is 0 Å². The quantitative estimate of drug-likeness (QED) is 0.868. The number of hydrogen-bond donors (Lipinski definition) is 2. The topological polar surface area (TPSA) is 95.6 Å². The highest BCUT2D eigenvalue weighted by Crippen LogP contribution is 2.19. The first-order valence-electron chi connectivity index (χ1n) is 7.39. The molecule has 0 radical (unpaired) electrons. The van der Waals surface area contributed by atoms with Crippen LogP contribution in [0.5, 0.6) is 0 Å². The number of piperidine rings is 1. The standard InChI is InChI=1S/C15H21N3O4S/c1-11-3-5-13(6-4-11)16-15(20)18-9-7-12(8-10-18)14(19)17-23(2,21)22/h3-6,12H,7-10H2,1-2H3,(H,16,20)(H,17,19). The average Bonchev–Trinajstić information content (AvgIpc) is 2.48. The zero-order valence-corrected chi connectivity index (χ0v) is 14.0. The lowest BCUT2D eigenvalue weighted by Gasteiger charge is -2.31. The van der Waals surface area contributed by atoms with Crippen molar-refractivity contribution in [1.29, 1.82) is 0 Å². The van der Waals surface area contributed by atoms with E-state index in [9.17, 15) is 18.0 Å². The van der Waals surface area contributed by atoms with Gasteiger partial charge in [0.1, 0.15) is 0 Å². The third-order valence-corrected chi connectivity index (χ3v) is 4.31. The molecular weight excluding hydrogens is 318 g/mol. The third kappa shape index (κ3) is 5.24. The highest BCUT2D eigenvalue weighted by molar-refractivity contribution is 7.89. The Balaban J connectivity index is 1.85. The molecule has 1 aromatic carbocycles. The van der Waals surface area contributed by atoms with E-state index in [-0.39, 0.29) is 11.9 Å². The molecule has 8 heteroatoms. The number of hydrogen-bond acceptors (Lipinski definition) is 4. The summed E-state index contributed by atoms with van der Waals surface area (Å²) in [6, 6.07) is 7.28. The number of aryl methyl sites for hydroxylation is 1. The van der Waals surface area contributed by atoms with Gasteiger partial charge in [0, 0.05) is 24.7 Å². The number of amides is 3. The molecular formula is C15H21N3O4S. The Bertz CT molecular complexity index is 677. The second-order valence-corrected chi connectivity index (χ2v) is 7.54. The number of urea groups is 1. The van der Waals surface area contributed by atoms with E-state index in [1.54, 1.807) is 4.90 Å². The highest BCUT2D eigenvalue weighted by Gasteiger charge is 2.28. The number of nitrogens with one attached hydrogen (secondary N) is 2. The maximum Gasteiger partial charge on any atom is 0.321 e. The van der Waals surface area contributed by atoms with Crippen LogP contribution in [0.25, 0.3) is 0 Å². The number of carbonyl (C=O) groups is 2. The molecule has 126 valence electrons. The van der Waals surface area contributed by atoms with Crippen molar-refractivity contribution >= 4 is 27.6 Å². The Kier molecular flexibility index (Phi) is 5.25. The molecule has 1 aliphatic heterocycles. The van der Waals surface area contributed by atoms with E-state index in [0.717, 1.165) is 17.5 Å². The SMILES string of the molecule is Cc1ccc(NC(=O)N2CCC(C(=O)NS(C)(=O)=O)CC2)cc1. The van der Waals surface area contributed by atoms with Crippen molar-refractivity contribution in [3.05, 3.63) is 29.8 Å². The fourth-order valence-electron chi connectivity index (χ4n) is 2.45. The van der Waals surface area contributed by atoms with Crippen molar-refractivity contribution in [2.24, 2.45) is 5.92 Å². The smallest absolute Gasteiger partial charge is 0.321 e. The number of benzene rings is 1. The van der Waals surface area contributed by atoms with Crippen LogP contribution in [-0.2, 0) is 14.8 Å². The number of rotatable bonds is 3. The van der Waals surface area contributed by atoms with Gasteiger partial charge in [-0.1, -0.05) is 17.7 Å². The summed E-state index contributed by atoms with van der Waals surface area (Å²) in [6.45, 7) is 2.80. The lowest BCUT2D eigenvalue weighted by molar-refractivity contribution is -0.124. The Hall–Kier alpha value is -2.09. The maximum absolute atomic E-state index is 12.2. The Morgan fingerprint density at radius 1 is 1.13 bits per heavy atom. The minimum absolute atomic E-state index is 0.212. The van der Waals surface area contributed by atoms with Gasteiger partial charge in [-0.2, -0.15) is 0 Å². The molecule has 2 rings (SSSR count). The van der Waals surface area contributed by atoms with E-state index in [0.29, 0.717) is 25.9 Å². The first-order chi connectivity index (χ1) is 10.7. The summed E-state index contributed by atoms with van der Waals surface area (Å²) in [5, 5.41) is 2.81. The van der Waals surface area contributed by atoms with Crippen molar-refractivity contribution in [1.82, 2.24) is 9.62 Å². The lowest BCUT2D eigenvalue weighted by Crippen LogP contribution is -2.45. The van der Waals surface area contributed by atoms with Gasteiger partial charge in [0.2, 0.25) is 15.9 Å². The van der Waals surface area contributed by atoms with Crippen molar-refractivity contribution in [2.45, 2.75) is 19.8 Å². The Morgan fingerprint density at radius 3 is 2.22 bits per heavy atom. The zero-order valence-electron chi connectivity index (χ0n) is 13.2. The number of anilines is 1. The van der Waals surface area contributed by atoms with Gasteiger partial charge < -0.3 is 10.2 Å². The van der Waals surface area contributed by atoms with Crippen molar-refractivity contribution in [3.8, 4) is 0 Å².